The van der Waals surface area contributed by atoms with Gasteiger partial charge in [0.2, 0.25) is 0 Å². The third-order valence-corrected chi connectivity index (χ3v) is 4.35. The van der Waals surface area contributed by atoms with Crippen LogP contribution in [0, 0.1) is 10.6 Å². The summed E-state index contributed by atoms with van der Waals surface area (Å²) in [5.41, 5.74) is 1.99. The highest BCUT2D eigenvalue weighted by Gasteiger charge is 2.12. The summed E-state index contributed by atoms with van der Waals surface area (Å²) in [6.45, 7) is 0. The van der Waals surface area contributed by atoms with Gasteiger partial charge in [0.25, 0.3) is 0 Å². The summed E-state index contributed by atoms with van der Waals surface area (Å²) in [5, 5.41) is 0.611. The van der Waals surface area contributed by atoms with E-state index in [9.17, 15) is 4.39 Å². The Labute approximate surface area is 137 Å². The van der Waals surface area contributed by atoms with Gasteiger partial charge in [-0.05, 0) is 52.4 Å². The summed E-state index contributed by atoms with van der Waals surface area (Å²) in [4.78, 5) is 3.00. The molecule has 7 heteroatoms. The van der Waals surface area contributed by atoms with Crippen LogP contribution in [0.1, 0.15) is 0 Å². The van der Waals surface area contributed by atoms with Crippen molar-refractivity contribution >= 4 is 62.4 Å². The Kier molecular flexibility index (Phi) is 3.62. The second-order valence-corrected chi connectivity index (χ2v) is 6.23. The molecule has 1 heterocycles. The van der Waals surface area contributed by atoms with Crippen LogP contribution < -0.4 is 0 Å². The van der Waals surface area contributed by atoms with Gasteiger partial charge in [0, 0.05) is 15.6 Å². The van der Waals surface area contributed by atoms with E-state index in [1.165, 1.54) is 12.1 Å². The smallest absolute Gasteiger partial charge is 0.182 e. The average Bonchev–Trinajstić information content (AvgIpc) is 2.69. The highest BCUT2D eigenvalue weighted by molar-refractivity contribution is 9.10. The Morgan fingerprint density at radius 3 is 2.70 bits per heavy atom. The van der Waals surface area contributed by atoms with E-state index in [0.717, 1.165) is 10.2 Å². The quantitative estimate of drug-likeness (QED) is 0.512. The minimum Gasteiger partial charge on any atom is -0.330 e. The third kappa shape index (κ3) is 2.29. The molecule has 0 fully saturated rings. The summed E-state index contributed by atoms with van der Waals surface area (Å²) in [6, 6.07) is 8.17. The maximum absolute atomic E-state index is 13.7. The molecule has 2 nitrogen and oxygen atoms in total. The Balaban J connectivity index is 2.42. The number of hydrogen-bond acceptors (Lipinski definition) is 1. The van der Waals surface area contributed by atoms with Gasteiger partial charge in [0.15, 0.2) is 4.77 Å². The molecule has 1 aromatic heterocycles. The molecule has 0 amide bonds. The van der Waals surface area contributed by atoms with Crippen molar-refractivity contribution in [3.63, 3.8) is 0 Å². The minimum atomic E-state index is -0.500. The third-order valence-electron chi connectivity index (χ3n) is 2.87. The number of hydrogen-bond donors (Lipinski definition) is 1. The van der Waals surface area contributed by atoms with E-state index in [0.29, 0.717) is 20.8 Å². The predicted molar refractivity (Wildman–Crippen MR) is 86.1 cm³/mol. The number of imidazole rings is 1. The number of H-pyrrole nitrogens is 1. The number of aromatic nitrogens is 2. The number of nitrogens with zero attached hydrogens (tertiary/aromatic N) is 1. The Morgan fingerprint density at radius 1 is 1.20 bits per heavy atom. The fourth-order valence-corrected chi connectivity index (χ4v) is 3.06. The van der Waals surface area contributed by atoms with Crippen LogP contribution in [0.5, 0.6) is 0 Å². The first kappa shape index (κ1) is 14.1. The van der Waals surface area contributed by atoms with Crippen LogP contribution >= 0.6 is 51.3 Å². The molecule has 0 unspecified atom stereocenters. The number of fused-ring (bicyclic) bond motifs is 1. The number of rotatable bonds is 1. The van der Waals surface area contributed by atoms with Crippen LogP contribution in [0.2, 0.25) is 10.0 Å². The molecule has 3 aromatic rings. The average molecular weight is 392 g/mol. The van der Waals surface area contributed by atoms with Gasteiger partial charge in [-0.2, -0.15) is 0 Å². The molecule has 0 saturated heterocycles. The van der Waals surface area contributed by atoms with E-state index < -0.39 is 5.82 Å². The fraction of sp³-hybridized carbons (Fsp3) is 0. The Bertz CT molecular complexity index is 888. The Hall–Kier alpha value is -0.880. The molecule has 2 aromatic carbocycles. The lowest BCUT2D eigenvalue weighted by atomic mass is 10.2. The monoisotopic (exact) mass is 390 g/mol. The van der Waals surface area contributed by atoms with Gasteiger partial charge in [-0.25, -0.2) is 4.39 Å². The largest absolute Gasteiger partial charge is 0.330 e. The Morgan fingerprint density at radius 2 is 1.95 bits per heavy atom. The van der Waals surface area contributed by atoms with Crippen molar-refractivity contribution in [2.45, 2.75) is 0 Å². The van der Waals surface area contributed by atoms with E-state index in [-0.39, 0.29) is 5.02 Å². The van der Waals surface area contributed by atoms with E-state index in [1.54, 1.807) is 16.7 Å². The molecular weight excluding hydrogens is 386 g/mol. The number of halogens is 4. The van der Waals surface area contributed by atoms with Crippen LogP contribution in [-0.2, 0) is 0 Å². The summed E-state index contributed by atoms with van der Waals surface area (Å²) < 4.78 is 16.6. The van der Waals surface area contributed by atoms with Crippen LogP contribution in [0.3, 0.4) is 0 Å². The lowest BCUT2D eigenvalue weighted by Crippen LogP contribution is -1.95. The molecular formula is C13H6BrCl2FN2S. The van der Waals surface area contributed by atoms with Gasteiger partial charge >= 0.3 is 0 Å². The van der Waals surface area contributed by atoms with E-state index in [4.69, 9.17) is 35.4 Å². The lowest BCUT2D eigenvalue weighted by Gasteiger charge is -2.08. The van der Waals surface area contributed by atoms with Gasteiger partial charge in [-0.3, -0.25) is 4.57 Å². The standard InChI is InChI=1S/C13H6BrCl2FN2S/c14-7-2-1-6(15)3-11(7)19-12-5-9(17)8(16)4-10(12)18-13(19)20/h1-5H,(H,18,20). The van der Waals surface area contributed by atoms with Crippen molar-refractivity contribution in [3.8, 4) is 5.69 Å². The number of aromatic amines is 1. The summed E-state index contributed by atoms with van der Waals surface area (Å²) in [6.07, 6.45) is 0. The second kappa shape index (κ2) is 5.15. The zero-order valence-corrected chi connectivity index (χ0v) is 13.7. The molecule has 0 aliphatic rings. The zero-order chi connectivity index (χ0) is 14.4. The van der Waals surface area contributed by atoms with E-state index in [1.807, 2.05) is 6.07 Å². The van der Waals surface area contributed by atoms with Crippen molar-refractivity contribution in [2.75, 3.05) is 0 Å². The van der Waals surface area contributed by atoms with Gasteiger partial charge < -0.3 is 4.98 Å². The van der Waals surface area contributed by atoms with Crippen LogP contribution in [-0.4, -0.2) is 9.55 Å². The van der Waals surface area contributed by atoms with Crippen LogP contribution in [0.15, 0.2) is 34.8 Å². The molecule has 0 radical (unpaired) electrons. The summed E-state index contributed by atoms with van der Waals surface area (Å²) >= 11 is 20.6. The van der Waals surface area contributed by atoms with Gasteiger partial charge in [-0.1, -0.05) is 23.2 Å². The lowest BCUT2D eigenvalue weighted by molar-refractivity contribution is 0.629. The normalized spacial score (nSPS) is 11.2. The first-order valence-corrected chi connectivity index (χ1v) is 7.48. The molecule has 0 saturated carbocycles. The van der Waals surface area contributed by atoms with Crippen molar-refractivity contribution in [2.24, 2.45) is 0 Å². The maximum Gasteiger partial charge on any atom is 0.182 e. The molecule has 102 valence electrons. The highest BCUT2D eigenvalue weighted by Crippen LogP contribution is 2.30. The molecule has 0 aliphatic carbocycles. The minimum absolute atomic E-state index is 0.0473. The first-order valence-electron chi connectivity index (χ1n) is 5.52. The highest BCUT2D eigenvalue weighted by atomic mass is 79.9. The van der Waals surface area contributed by atoms with Crippen molar-refractivity contribution in [1.82, 2.24) is 9.55 Å². The molecule has 1 N–H and O–H groups in total. The molecule has 0 spiro atoms. The molecule has 0 atom stereocenters. The van der Waals surface area contributed by atoms with Crippen molar-refractivity contribution < 1.29 is 4.39 Å². The van der Waals surface area contributed by atoms with E-state index in [2.05, 4.69) is 20.9 Å². The van der Waals surface area contributed by atoms with Gasteiger partial charge in [0.1, 0.15) is 5.82 Å². The topological polar surface area (TPSA) is 20.7 Å². The molecule has 20 heavy (non-hydrogen) atoms. The zero-order valence-electron chi connectivity index (χ0n) is 9.75. The number of benzene rings is 2. The first-order chi connectivity index (χ1) is 9.47. The SMILES string of the molecule is Fc1cc2c(cc1Cl)[nH]c(=S)n2-c1cc(Cl)ccc1Br. The summed E-state index contributed by atoms with van der Waals surface area (Å²) in [5.74, 6) is -0.500. The molecule has 0 aliphatic heterocycles. The van der Waals surface area contributed by atoms with Crippen molar-refractivity contribution in [3.05, 3.63) is 55.4 Å². The van der Waals surface area contributed by atoms with Gasteiger partial charge in [0.05, 0.1) is 21.7 Å². The maximum atomic E-state index is 13.7. The van der Waals surface area contributed by atoms with E-state index >= 15 is 0 Å². The fourth-order valence-electron chi connectivity index (χ4n) is 2.00. The van der Waals surface area contributed by atoms with Gasteiger partial charge in [-0.15, -0.1) is 0 Å². The summed E-state index contributed by atoms with van der Waals surface area (Å²) in [7, 11) is 0. The predicted octanol–water partition coefficient (Wildman–Crippen LogP) is 5.90. The van der Waals surface area contributed by atoms with Crippen LogP contribution in [0.25, 0.3) is 16.7 Å². The second-order valence-electron chi connectivity index (χ2n) is 4.14. The van der Waals surface area contributed by atoms with Crippen molar-refractivity contribution in [1.29, 1.82) is 0 Å². The number of nitrogens with one attached hydrogen (secondary N) is 1. The van der Waals surface area contributed by atoms with Crippen LogP contribution in [0.4, 0.5) is 4.39 Å². The molecule has 3 rings (SSSR count). The molecule has 0 bridgehead atoms.